The van der Waals surface area contributed by atoms with E-state index in [2.05, 4.69) is 15.2 Å². The van der Waals surface area contributed by atoms with Gasteiger partial charge in [-0.1, -0.05) is 12.1 Å². The van der Waals surface area contributed by atoms with Gasteiger partial charge in [0.1, 0.15) is 5.75 Å². The van der Waals surface area contributed by atoms with Gasteiger partial charge >= 0.3 is 10.2 Å². The number of benzene rings is 2. The second-order valence-electron chi connectivity index (χ2n) is 7.50. The fourth-order valence-electron chi connectivity index (χ4n) is 3.84. The van der Waals surface area contributed by atoms with Crippen molar-refractivity contribution in [3.63, 3.8) is 0 Å². The molecular weight excluding hydrogens is 418 g/mol. The Morgan fingerprint density at radius 1 is 1.32 bits per heavy atom. The van der Waals surface area contributed by atoms with Gasteiger partial charge in [-0.3, -0.25) is 9.52 Å². The van der Waals surface area contributed by atoms with E-state index in [-0.39, 0.29) is 17.7 Å². The van der Waals surface area contributed by atoms with Crippen molar-refractivity contribution in [3.8, 4) is 11.8 Å². The Morgan fingerprint density at radius 2 is 2.13 bits per heavy atom. The number of ether oxygens (including phenoxy) is 1. The molecule has 0 radical (unpaired) electrons. The number of fused-ring (bicyclic) bond motifs is 1. The number of hydrogen-bond donors (Lipinski definition) is 2. The molecule has 2 aromatic rings. The van der Waals surface area contributed by atoms with Crippen molar-refractivity contribution in [2.45, 2.75) is 12.8 Å². The molecule has 4 rings (SSSR count). The van der Waals surface area contributed by atoms with Crippen LogP contribution in [0.5, 0.6) is 5.75 Å². The van der Waals surface area contributed by atoms with Crippen molar-refractivity contribution in [1.29, 1.82) is 5.26 Å². The van der Waals surface area contributed by atoms with E-state index in [0.29, 0.717) is 47.8 Å². The van der Waals surface area contributed by atoms with Crippen molar-refractivity contribution in [3.05, 3.63) is 59.2 Å². The summed E-state index contributed by atoms with van der Waals surface area (Å²) in [4.78, 5) is 14.6. The highest BCUT2D eigenvalue weighted by atomic mass is 32.2. The average molecular weight is 439 g/mol. The van der Waals surface area contributed by atoms with E-state index in [0.717, 1.165) is 12.8 Å². The van der Waals surface area contributed by atoms with Crippen molar-refractivity contribution in [2.24, 2.45) is 16.0 Å². The predicted molar refractivity (Wildman–Crippen MR) is 115 cm³/mol. The van der Waals surface area contributed by atoms with Crippen molar-refractivity contribution in [1.82, 2.24) is 4.90 Å². The first-order valence-electron chi connectivity index (χ1n) is 9.80. The number of likely N-dealkylation sites (tertiary alicyclic amines) is 1. The van der Waals surface area contributed by atoms with Gasteiger partial charge in [-0.05, 0) is 43.2 Å². The minimum Gasteiger partial charge on any atom is -0.492 e. The van der Waals surface area contributed by atoms with Gasteiger partial charge in [0.05, 0.1) is 29.5 Å². The molecule has 0 aromatic heterocycles. The Bertz CT molecular complexity index is 1200. The Morgan fingerprint density at radius 3 is 2.94 bits per heavy atom. The van der Waals surface area contributed by atoms with Crippen LogP contribution in [0.15, 0.2) is 46.9 Å². The summed E-state index contributed by atoms with van der Waals surface area (Å²) in [6.45, 7) is 1.52. The highest BCUT2D eigenvalue weighted by molar-refractivity contribution is 7.91. The summed E-state index contributed by atoms with van der Waals surface area (Å²) in [6, 6.07) is 13.7. The third kappa shape index (κ3) is 4.46. The van der Waals surface area contributed by atoms with Gasteiger partial charge in [-0.15, -0.1) is 4.40 Å². The molecule has 31 heavy (non-hydrogen) atoms. The summed E-state index contributed by atoms with van der Waals surface area (Å²) in [5.74, 6) is 0.310. The van der Waals surface area contributed by atoms with Crippen LogP contribution >= 0.6 is 0 Å². The van der Waals surface area contributed by atoms with E-state index >= 15 is 0 Å². The summed E-state index contributed by atoms with van der Waals surface area (Å²) in [5.41, 5.74) is 7.53. The number of amidine groups is 1. The third-order valence-electron chi connectivity index (χ3n) is 5.26. The number of carbonyl (C=O) groups is 1. The molecule has 0 saturated carbocycles. The number of anilines is 1. The van der Waals surface area contributed by atoms with E-state index < -0.39 is 10.2 Å². The zero-order chi connectivity index (χ0) is 22.0. The van der Waals surface area contributed by atoms with Crippen LogP contribution in [0, 0.1) is 17.2 Å². The number of hydrogen-bond acceptors (Lipinski definition) is 6. The SMILES string of the molecule is N#Cc1cccc(C(=O)N2CCCC(COc3cccc4c3C(N)=NS(=O)(=O)N4)C2)c1. The maximum atomic E-state index is 12.9. The Balaban J connectivity index is 1.45. The Labute approximate surface area is 180 Å². The molecule has 1 atom stereocenters. The molecule has 160 valence electrons. The fraction of sp³-hybridized carbons (Fsp3) is 0.286. The lowest BCUT2D eigenvalue weighted by molar-refractivity contribution is 0.0633. The monoisotopic (exact) mass is 439 g/mol. The molecule has 9 nitrogen and oxygen atoms in total. The standard InChI is InChI=1S/C21H21N5O4S/c22-11-14-4-1-6-16(10-14)21(27)26-9-3-5-15(12-26)13-30-18-8-2-7-17-19(18)20(23)25-31(28,29)24-17/h1-2,4,6-8,10,15,24H,3,5,9,12-13H2,(H2,23,25). The van der Waals surface area contributed by atoms with E-state index in [4.69, 9.17) is 15.7 Å². The number of piperidine rings is 1. The second kappa shape index (κ2) is 8.28. The molecule has 3 N–H and O–H groups in total. The van der Waals surface area contributed by atoms with Crippen LogP contribution in [0.25, 0.3) is 0 Å². The van der Waals surface area contributed by atoms with Gasteiger partial charge in [0, 0.05) is 24.6 Å². The van der Waals surface area contributed by atoms with E-state index in [1.807, 2.05) is 0 Å². The van der Waals surface area contributed by atoms with E-state index in [9.17, 15) is 13.2 Å². The van der Waals surface area contributed by atoms with Crippen LogP contribution in [0.3, 0.4) is 0 Å². The first-order valence-corrected chi connectivity index (χ1v) is 11.2. The van der Waals surface area contributed by atoms with Gasteiger partial charge in [-0.2, -0.15) is 13.7 Å². The molecular formula is C21H21N5O4S. The minimum absolute atomic E-state index is 0.103. The lowest BCUT2D eigenvalue weighted by Crippen LogP contribution is -2.41. The highest BCUT2D eigenvalue weighted by Crippen LogP contribution is 2.31. The maximum Gasteiger partial charge on any atom is 0.344 e. The summed E-state index contributed by atoms with van der Waals surface area (Å²) in [5, 5.41) is 9.06. The second-order valence-corrected chi connectivity index (χ2v) is 8.83. The van der Waals surface area contributed by atoms with Crippen LogP contribution in [0.2, 0.25) is 0 Å². The van der Waals surface area contributed by atoms with Gasteiger partial charge in [0.15, 0.2) is 5.84 Å². The molecule has 2 aromatic carbocycles. The largest absolute Gasteiger partial charge is 0.492 e. The topological polar surface area (TPSA) is 138 Å². The van der Waals surface area contributed by atoms with Crippen molar-refractivity contribution < 1.29 is 17.9 Å². The average Bonchev–Trinajstić information content (AvgIpc) is 2.76. The van der Waals surface area contributed by atoms with Crippen molar-refractivity contribution in [2.75, 3.05) is 24.4 Å². The molecule has 2 heterocycles. The van der Waals surface area contributed by atoms with Gasteiger partial charge in [-0.25, -0.2) is 0 Å². The molecule has 0 spiro atoms. The summed E-state index contributed by atoms with van der Waals surface area (Å²) < 4.78 is 35.3. The molecule has 0 aliphatic carbocycles. The number of nitrogens with zero attached hydrogens (tertiary/aromatic N) is 3. The Kier molecular flexibility index (Phi) is 5.52. The number of nitrogens with two attached hydrogens (primary N) is 1. The van der Waals surface area contributed by atoms with Crippen LogP contribution in [0.1, 0.15) is 34.3 Å². The van der Waals surface area contributed by atoms with Crippen LogP contribution < -0.4 is 15.2 Å². The first-order chi connectivity index (χ1) is 14.9. The summed E-state index contributed by atoms with van der Waals surface area (Å²) in [6.07, 6.45) is 1.74. The lowest BCUT2D eigenvalue weighted by Gasteiger charge is -2.33. The third-order valence-corrected chi connectivity index (χ3v) is 6.17. The number of nitriles is 1. The van der Waals surface area contributed by atoms with Crippen LogP contribution in [-0.2, 0) is 10.2 Å². The number of rotatable bonds is 4. The first kappa shape index (κ1) is 20.7. The zero-order valence-corrected chi connectivity index (χ0v) is 17.4. The van der Waals surface area contributed by atoms with E-state index in [1.54, 1.807) is 47.4 Å². The molecule has 2 aliphatic rings. The van der Waals surface area contributed by atoms with Gasteiger partial charge in [0.2, 0.25) is 0 Å². The molecule has 1 unspecified atom stereocenters. The molecule has 1 saturated heterocycles. The molecule has 2 aliphatic heterocycles. The van der Waals surface area contributed by atoms with E-state index in [1.165, 1.54) is 0 Å². The maximum absolute atomic E-state index is 12.9. The predicted octanol–water partition coefficient (Wildman–Crippen LogP) is 1.87. The molecule has 10 heteroatoms. The quantitative estimate of drug-likeness (QED) is 0.746. The Hall–Kier alpha value is -3.58. The number of amides is 1. The molecule has 1 amide bonds. The van der Waals surface area contributed by atoms with Crippen LogP contribution in [0.4, 0.5) is 5.69 Å². The number of nitrogens with one attached hydrogen (secondary N) is 1. The summed E-state index contributed by atoms with van der Waals surface area (Å²) >= 11 is 0. The fourth-order valence-corrected chi connectivity index (χ4v) is 4.68. The number of carbonyl (C=O) groups excluding carboxylic acids is 1. The molecule has 0 bridgehead atoms. The summed E-state index contributed by atoms with van der Waals surface area (Å²) in [7, 11) is -3.85. The van der Waals surface area contributed by atoms with Crippen molar-refractivity contribution >= 4 is 27.6 Å². The zero-order valence-electron chi connectivity index (χ0n) is 16.6. The van der Waals surface area contributed by atoms with Crippen LogP contribution in [-0.4, -0.2) is 44.8 Å². The van der Waals surface area contributed by atoms with Gasteiger partial charge < -0.3 is 15.4 Å². The normalized spacial score (nSPS) is 19.4. The smallest absolute Gasteiger partial charge is 0.344 e. The molecule has 1 fully saturated rings. The lowest BCUT2D eigenvalue weighted by atomic mass is 9.98. The van der Waals surface area contributed by atoms with Gasteiger partial charge in [0.25, 0.3) is 5.91 Å². The highest BCUT2D eigenvalue weighted by Gasteiger charge is 2.27. The minimum atomic E-state index is -3.85.